The van der Waals surface area contributed by atoms with Crippen LogP contribution in [0.25, 0.3) is 66.6 Å². The summed E-state index contributed by atoms with van der Waals surface area (Å²) in [5, 5.41) is 1.72. The van der Waals surface area contributed by atoms with E-state index in [1.807, 2.05) is 218 Å². The minimum atomic E-state index is -0.120. The number of Topliss-reactive ketones (excluding diaryl/α,β-unsaturated/α-hetero) is 2. The minimum absolute atomic E-state index is 0.0918. The van der Waals surface area contributed by atoms with Crippen LogP contribution in [0.1, 0.15) is 69.7 Å². The van der Waals surface area contributed by atoms with Gasteiger partial charge in [0, 0.05) is 34.9 Å². The Kier molecular flexibility index (Phi) is 16.1. The first-order valence-electron chi connectivity index (χ1n) is 27.4. The molecule has 0 spiro atoms. The van der Waals surface area contributed by atoms with Gasteiger partial charge in [-0.2, -0.15) is 0 Å². The Morgan fingerprint density at radius 1 is 0.305 bits per heavy atom. The van der Waals surface area contributed by atoms with Crippen LogP contribution in [-0.2, 0) is 13.1 Å². The number of carbonyl (C=O) groups excluding carboxylic acids is 2. The number of hydrogen-bond donors (Lipinski definition) is 0. The summed E-state index contributed by atoms with van der Waals surface area (Å²) in [5.74, 6) is 20.2. The normalized spacial score (nSPS) is 12.2. The van der Waals surface area contributed by atoms with Gasteiger partial charge < -0.3 is 9.13 Å². The molecule has 0 amide bonds. The molecule has 1 aliphatic carbocycles. The Labute approximate surface area is 479 Å². The third kappa shape index (κ3) is 11.6. The summed E-state index contributed by atoms with van der Waals surface area (Å²) in [6.07, 6.45) is -0.184. The standard InChI is InChI=1S/C78H52N2O2/c1-3-79-71-41-25-23-39-69(71)75(77(79)67-35-19-9-20-36-67)73(81)55-57-43-47-63(59-27-11-5-12-28-59)51-53-65(61-31-15-7-16-32-61)49-45-58(46-50-66(62-33-17-8-18-34-62)54-52-64(48-44-57)60-29-13-6-14-30-60)56-74(82)76-70-40-24-26-42-72(70)80(4-2)78(76)68-37-21-10-22-38-68/h5-42H,3-4,55-56H2,1-2H3. The number of aromatic nitrogens is 2. The van der Waals surface area contributed by atoms with E-state index in [1.165, 1.54) is 0 Å². The first kappa shape index (κ1) is 52.8. The van der Waals surface area contributed by atoms with Crippen molar-refractivity contribution in [1.82, 2.24) is 9.13 Å². The molecule has 0 fully saturated rings. The molecule has 10 aromatic rings. The molecule has 0 radical (unpaired) electrons. The van der Waals surface area contributed by atoms with Gasteiger partial charge in [0.15, 0.2) is 11.6 Å². The quantitative estimate of drug-likeness (QED) is 0.0619. The summed E-state index contributed by atoms with van der Waals surface area (Å²) in [6, 6.07) is 75.3. The monoisotopic (exact) mass is 1050 g/mol. The molecule has 386 valence electrons. The maximum atomic E-state index is 15.3. The molecule has 0 unspecified atom stereocenters. The number of para-hydroxylation sites is 2. The number of aryl methyl sites for hydroxylation is 2. The van der Waals surface area contributed by atoms with E-state index >= 15 is 9.59 Å². The summed E-state index contributed by atoms with van der Waals surface area (Å²) in [5.41, 5.74) is 33.1. The predicted octanol–water partition coefficient (Wildman–Crippen LogP) is 17.3. The van der Waals surface area contributed by atoms with Crippen molar-refractivity contribution in [2.75, 3.05) is 0 Å². The first-order valence-corrected chi connectivity index (χ1v) is 27.4. The van der Waals surface area contributed by atoms with Crippen LogP contribution in [0.2, 0.25) is 0 Å². The molecule has 4 heteroatoms. The van der Waals surface area contributed by atoms with E-state index in [-0.39, 0.29) is 24.4 Å². The Hall–Kier alpha value is -11.2. The van der Waals surface area contributed by atoms with Gasteiger partial charge in [0.2, 0.25) is 0 Å². The molecule has 0 aliphatic heterocycles. The van der Waals surface area contributed by atoms with Crippen molar-refractivity contribution in [1.29, 1.82) is 0 Å². The maximum Gasteiger partial charge on any atom is 0.171 e. The number of allylic oxidation sites excluding steroid dienone is 6. The maximum absolute atomic E-state index is 15.3. The van der Waals surface area contributed by atoms with Crippen molar-refractivity contribution >= 4 is 55.7 Å². The van der Waals surface area contributed by atoms with Gasteiger partial charge in [-0.05, 0) is 59.4 Å². The van der Waals surface area contributed by atoms with Gasteiger partial charge in [-0.1, -0.05) is 288 Å². The Bertz CT molecular complexity index is 4350. The molecule has 2 aromatic heterocycles. The van der Waals surface area contributed by atoms with Gasteiger partial charge in [0.1, 0.15) is 0 Å². The molecular formula is C78H52N2O2. The number of carbonyl (C=O) groups is 2. The van der Waals surface area contributed by atoms with Crippen molar-refractivity contribution < 1.29 is 9.59 Å². The number of rotatable bonds is 14. The van der Waals surface area contributed by atoms with Gasteiger partial charge in [-0.3, -0.25) is 9.59 Å². The van der Waals surface area contributed by atoms with Crippen LogP contribution >= 0.6 is 0 Å². The van der Waals surface area contributed by atoms with Crippen molar-refractivity contribution in [2.45, 2.75) is 39.8 Å². The molecule has 1 aliphatic rings. The largest absolute Gasteiger partial charge is 0.340 e. The smallest absolute Gasteiger partial charge is 0.171 e. The summed E-state index contributed by atoms with van der Waals surface area (Å²) in [7, 11) is 0. The fourth-order valence-electron chi connectivity index (χ4n) is 10.3. The van der Waals surface area contributed by atoms with Crippen LogP contribution in [0.3, 0.4) is 0 Å². The van der Waals surface area contributed by atoms with Gasteiger partial charge >= 0.3 is 0 Å². The third-order valence-corrected chi connectivity index (χ3v) is 14.1. The van der Waals surface area contributed by atoms with Crippen LogP contribution in [0.5, 0.6) is 0 Å². The fourth-order valence-corrected chi connectivity index (χ4v) is 10.3. The lowest BCUT2D eigenvalue weighted by molar-refractivity contribution is 0.0988. The lowest BCUT2D eigenvalue weighted by Crippen LogP contribution is -2.04. The Morgan fingerprint density at radius 3 is 0.866 bits per heavy atom. The van der Waals surface area contributed by atoms with E-state index in [1.54, 1.807) is 0 Å². The van der Waals surface area contributed by atoms with Gasteiger partial charge in [-0.15, -0.1) is 0 Å². The van der Waals surface area contributed by atoms with E-state index < -0.39 is 0 Å². The highest BCUT2D eigenvalue weighted by molar-refractivity contribution is 6.16. The van der Waals surface area contributed by atoms with E-state index in [0.717, 1.165) is 66.6 Å². The number of ketones is 2. The topological polar surface area (TPSA) is 44.0 Å². The SMILES string of the molecule is CCn1c(-c2ccccc2)c(C(=O)CC2=C=C=C(c3ccccc3)C#CC(c3ccccc3)=C=C=C(CC(=O)c3c(-c4ccccc4)n(CC)c4ccccc34)C#CC(c3ccccc3)=C=C=C(c3ccccc3)C#C2)c2ccccc21. The van der Waals surface area contributed by atoms with Crippen LogP contribution in [0.15, 0.2) is 276 Å². The highest BCUT2D eigenvalue weighted by atomic mass is 16.1. The molecule has 0 bridgehead atoms. The van der Waals surface area contributed by atoms with Crippen molar-refractivity contribution in [3.05, 3.63) is 309 Å². The molecule has 11 rings (SSSR count). The molecule has 4 nitrogen and oxygen atoms in total. The second kappa shape index (κ2) is 25.0. The molecule has 2 heterocycles. The van der Waals surface area contributed by atoms with Crippen LogP contribution in [-0.4, -0.2) is 20.7 Å². The van der Waals surface area contributed by atoms with Gasteiger partial charge in [0.25, 0.3) is 0 Å². The van der Waals surface area contributed by atoms with Gasteiger partial charge in [0.05, 0.1) is 68.8 Å². The number of benzene rings is 8. The highest BCUT2D eigenvalue weighted by Gasteiger charge is 2.25. The zero-order valence-electron chi connectivity index (χ0n) is 45.5. The summed E-state index contributed by atoms with van der Waals surface area (Å²) in [4.78, 5) is 30.6. The summed E-state index contributed by atoms with van der Waals surface area (Å²) in [6.45, 7) is 5.52. The van der Waals surface area contributed by atoms with E-state index in [2.05, 4.69) is 105 Å². The highest BCUT2D eigenvalue weighted by Crippen LogP contribution is 2.37. The zero-order chi connectivity index (χ0) is 56.0. The number of hydrogen-bond acceptors (Lipinski definition) is 2. The molecule has 82 heavy (non-hydrogen) atoms. The van der Waals surface area contributed by atoms with E-state index in [4.69, 9.17) is 0 Å². The van der Waals surface area contributed by atoms with Crippen LogP contribution < -0.4 is 0 Å². The van der Waals surface area contributed by atoms with Crippen molar-refractivity contribution in [2.24, 2.45) is 0 Å². The van der Waals surface area contributed by atoms with Crippen molar-refractivity contribution in [3.63, 3.8) is 0 Å². The Balaban J connectivity index is 1.19. The average Bonchev–Trinajstić information content (AvgIpc) is 3.78. The van der Waals surface area contributed by atoms with E-state index in [9.17, 15) is 0 Å². The first-order chi connectivity index (χ1) is 40.4. The fraction of sp³-hybridized carbons (Fsp3) is 0.0769. The second-order valence-corrected chi connectivity index (χ2v) is 19.3. The van der Waals surface area contributed by atoms with Crippen LogP contribution in [0, 0.1) is 35.5 Å². The predicted molar refractivity (Wildman–Crippen MR) is 335 cm³/mol. The molecule has 0 saturated carbocycles. The minimum Gasteiger partial charge on any atom is -0.340 e. The average molecular weight is 1050 g/mol. The molecule has 0 N–H and O–H groups in total. The molecule has 0 saturated heterocycles. The lowest BCUT2D eigenvalue weighted by Gasteiger charge is -2.10. The van der Waals surface area contributed by atoms with Crippen molar-refractivity contribution in [3.8, 4) is 58.0 Å². The second-order valence-electron chi connectivity index (χ2n) is 19.3. The summed E-state index contributed by atoms with van der Waals surface area (Å²) < 4.78 is 4.41. The third-order valence-electron chi connectivity index (χ3n) is 14.1. The zero-order valence-corrected chi connectivity index (χ0v) is 45.5. The lowest BCUT2D eigenvalue weighted by atomic mass is 9.97. The summed E-state index contributed by atoms with van der Waals surface area (Å²) >= 11 is 0. The molecule has 0 atom stereocenters. The van der Waals surface area contributed by atoms with E-state index in [0.29, 0.717) is 57.7 Å². The molecular weight excluding hydrogens is 997 g/mol. The van der Waals surface area contributed by atoms with Crippen LogP contribution in [0.4, 0.5) is 0 Å². The van der Waals surface area contributed by atoms with Gasteiger partial charge in [-0.25, -0.2) is 0 Å². The number of fused-ring (bicyclic) bond motifs is 2. The molecule has 8 aromatic carbocycles. The Morgan fingerprint density at radius 2 is 0.561 bits per heavy atom. The number of nitrogens with zero attached hydrogens (tertiary/aromatic N) is 2.